The maximum Gasteiger partial charge on any atom is 0.339 e. The van der Waals surface area contributed by atoms with Crippen LogP contribution < -0.4 is 0 Å². The van der Waals surface area contributed by atoms with Crippen molar-refractivity contribution in [2.45, 2.75) is 20.0 Å². The summed E-state index contributed by atoms with van der Waals surface area (Å²) < 4.78 is 9.81. The summed E-state index contributed by atoms with van der Waals surface area (Å²) >= 11 is 0. The van der Waals surface area contributed by atoms with Crippen molar-refractivity contribution in [1.82, 2.24) is 5.16 Å². The van der Waals surface area contributed by atoms with Gasteiger partial charge in [-0.15, -0.1) is 0 Å². The second-order valence-electron chi connectivity index (χ2n) is 3.68. The molecule has 90 valence electrons. The number of ether oxygens (including phenoxy) is 1. The van der Waals surface area contributed by atoms with E-state index in [2.05, 4.69) is 5.16 Å². The van der Waals surface area contributed by atoms with E-state index in [1.165, 1.54) is 0 Å². The minimum Gasteiger partial charge on any atom is -0.464 e. The Morgan fingerprint density at radius 3 is 3.06 bits per heavy atom. The first-order valence-corrected chi connectivity index (χ1v) is 5.34. The van der Waals surface area contributed by atoms with Crippen molar-refractivity contribution in [2.75, 3.05) is 6.61 Å². The standard InChI is InChI=1S/C12H13NO4/c1-3-16-12(15)11(14)8-4-5-9-7(2)13-17-10(9)6-8/h4-6,11,14H,3H2,1-2H3. The third-order valence-corrected chi connectivity index (χ3v) is 2.50. The molecule has 17 heavy (non-hydrogen) atoms. The van der Waals surface area contributed by atoms with Gasteiger partial charge in [-0.3, -0.25) is 0 Å². The number of rotatable bonds is 3. The minimum atomic E-state index is -1.29. The van der Waals surface area contributed by atoms with Crippen molar-refractivity contribution in [3.63, 3.8) is 0 Å². The Morgan fingerprint density at radius 1 is 1.59 bits per heavy atom. The van der Waals surface area contributed by atoms with E-state index >= 15 is 0 Å². The van der Waals surface area contributed by atoms with Crippen LogP contribution in [0.5, 0.6) is 0 Å². The summed E-state index contributed by atoms with van der Waals surface area (Å²) in [4.78, 5) is 11.4. The van der Waals surface area contributed by atoms with Gasteiger partial charge in [0.15, 0.2) is 11.7 Å². The molecule has 5 heteroatoms. The zero-order valence-electron chi connectivity index (χ0n) is 9.64. The van der Waals surface area contributed by atoms with E-state index in [9.17, 15) is 9.90 Å². The smallest absolute Gasteiger partial charge is 0.339 e. The molecular weight excluding hydrogens is 222 g/mol. The molecule has 1 aromatic heterocycles. The fraction of sp³-hybridized carbons (Fsp3) is 0.333. The quantitative estimate of drug-likeness (QED) is 0.820. The van der Waals surface area contributed by atoms with E-state index in [0.29, 0.717) is 11.1 Å². The number of esters is 1. The highest BCUT2D eigenvalue weighted by Crippen LogP contribution is 2.23. The molecule has 1 aromatic carbocycles. The first kappa shape index (κ1) is 11.6. The molecule has 0 saturated heterocycles. The maximum absolute atomic E-state index is 11.4. The summed E-state index contributed by atoms with van der Waals surface area (Å²) in [5, 5.41) is 14.4. The molecule has 0 bridgehead atoms. The van der Waals surface area contributed by atoms with Crippen molar-refractivity contribution in [2.24, 2.45) is 0 Å². The van der Waals surface area contributed by atoms with Gasteiger partial charge in [-0.1, -0.05) is 11.2 Å². The van der Waals surface area contributed by atoms with Crippen LogP contribution in [0.15, 0.2) is 22.7 Å². The van der Waals surface area contributed by atoms with Gasteiger partial charge in [0.05, 0.1) is 12.3 Å². The lowest BCUT2D eigenvalue weighted by Crippen LogP contribution is -2.15. The summed E-state index contributed by atoms with van der Waals surface area (Å²) in [6.07, 6.45) is -1.29. The molecule has 0 aliphatic heterocycles. The number of nitrogens with zero attached hydrogens (tertiary/aromatic N) is 1. The molecule has 1 unspecified atom stereocenters. The Labute approximate surface area is 98.0 Å². The van der Waals surface area contributed by atoms with E-state index in [-0.39, 0.29) is 6.61 Å². The van der Waals surface area contributed by atoms with Crippen LogP contribution in [-0.2, 0) is 9.53 Å². The number of benzene rings is 1. The van der Waals surface area contributed by atoms with E-state index in [1.54, 1.807) is 25.1 Å². The molecule has 2 aromatic rings. The fourth-order valence-electron chi connectivity index (χ4n) is 1.61. The van der Waals surface area contributed by atoms with Crippen LogP contribution in [-0.4, -0.2) is 22.8 Å². The molecular formula is C12H13NO4. The van der Waals surface area contributed by atoms with Crippen molar-refractivity contribution in [1.29, 1.82) is 0 Å². The van der Waals surface area contributed by atoms with Crippen LogP contribution in [0.25, 0.3) is 11.0 Å². The van der Waals surface area contributed by atoms with Crippen LogP contribution in [0.3, 0.4) is 0 Å². The Balaban J connectivity index is 2.33. The molecule has 0 radical (unpaired) electrons. The monoisotopic (exact) mass is 235 g/mol. The SMILES string of the molecule is CCOC(=O)C(O)c1ccc2c(C)noc2c1. The van der Waals surface area contributed by atoms with E-state index < -0.39 is 12.1 Å². The number of aromatic nitrogens is 1. The molecule has 1 atom stereocenters. The lowest BCUT2D eigenvalue weighted by atomic mass is 10.1. The van der Waals surface area contributed by atoms with Gasteiger partial charge in [-0.05, 0) is 31.5 Å². The highest BCUT2D eigenvalue weighted by molar-refractivity contribution is 5.82. The van der Waals surface area contributed by atoms with E-state index in [0.717, 1.165) is 11.1 Å². The molecule has 1 heterocycles. The van der Waals surface area contributed by atoms with E-state index in [4.69, 9.17) is 9.26 Å². The Morgan fingerprint density at radius 2 is 2.35 bits per heavy atom. The van der Waals surface area contributed by atoms with Crippen molar-refractivity contribution < 1.29 is 19.2 Å². The number of carbonyl (C=O) groups excluding carboxylic acids is 1. The third-order valence-electron chi connectivity index (χ3n) is 2.50. The highest BCUT2D eigenvalue weighted by Gasteiger charge is 2.19. The molecule has 0 spiro atoms. The number of fused-ring (bicyclic) bond motifs is 1. The largest absolute Gasteiger partial charge is 0.464 e. The van der Waals surface area contributed by atoms with Gasteiger partial charge in [-0.25, -0.2) is 4.79 Å². The van der Waals surface area contributed by atoms with Crippen LogP contribution in [0.2, 0.25) is 0 Å². The zero-order chi connectivity index (χ0) is 12.4. The van der Waals surface area contributed by atoms with Crippen LogP contribution >= 0.6 is 0 Å². The molecule has 0 fully saturated rings. The summed E-state index contributed by atoms with van der Waals surface area (Å²) in [5.74, 6) is -0.664. The number of hydrogen-bond donors (Lipinski definition) is 1. The van der Waals surface area contributed by atoms with Gasteiger partial charge in [0.1, 0.15) is 0 Å². The van der Waals surface area contributed by atoms with Gasteiger partial charge in [0.25, 0.3) is 0 Å². The Hall–Kier alpha value is -1.88. The lowest BCUT2D eigenvalue weighted by Gasteiger charge is -2.09. The van der Waals surface area contributed by atoms with Crippen LogP contribution in [0.4, 0.5) is 0 Å². The average molecular weight is 235 g/mol. The summed E-state index contributed by atoms with van der Waals surface area (Å²) in [6, 6.07) is 5.02. The molecule has 5 nitrogen and oxygen atoms in total. The summed E-state index contributed by atoms with van der Waals surface area (Å²) in [6.45, 7) is 3.75. The number of aryl methyl sites for hydroxylation is 1. The topological polar surface area (TPSA) is 72.6 Å². The van der Waals surface area contributed by atoms with Gasteiger partial charge >= 0.3 is 5.97 Å². The minimum absolute atomic E-state index is 0.236. The fourth-order valence-corrected chi connectivity index (χ4v) is 1.61. The third kappa shape index (κ3) is 2.14. The van der Waals surface area contributed by atoms with Gasteiger partial charge in [0, 0.05) is 5.39 Å². The van der Waals surface area contributed by atoms with Crippen LogP contribution in [0, 0.1) is 6.92 Å². The Kier molecular flexibility index (Phi) is 3.10. The summed E-state index contributed by atoms with van der Waals surface area (Å²) in [5.41, 5.74) is 1.76. The summed E-state index contributed by atoms with van der Waals surface area (Å²) in [7, 11) is 0. The Bertz CT molecular complexity index is 546. The van der Waals surface area contributed by atoms with Gasteiger partial charge in [-0.2, -0.15) is 0 Å². The highest BCUT2D eigenvalue weighted by atomic mass is 16.5. The van der Waals surface area contributed by atoms with Crippen molar-refractivity contribution in [3.8, 4) is 0 Å². The molecule has 0 aliphatic carbocycles. The number of aliphatic hydroxyl groups excluding tert-OH is 1. The second kappa shape index (κ2) is 4.55. The lowest BCUT2D eigenvalue weighted by molar-refractivity contribution is -0.153. The van der Waals surface area contributed by atoms with Crippen LogP contribution in [0.1, 0.15) is 24.3 Å². The second-order valence-corrected chi connectivity index (χ2v) is 3.68. The molecule has 0 aliphatic rings. The van der Waals surface area contributed by atoms with Gasteiger partial charge in [0.2, 0.25) is 0 Å². The normalized spacial score (nSPS) is 12.6. The predicted molar refractivity (Wildman–Crippen MR) is 60.3 cm³/mol. The number of carbonyl (C=O) groups is 1. The molecule has 0 saturated carbocycles. The number of hydrogen-bond acceptors (Lipinski definition) is 5. The number of aliphatic hydroxyl groups is 1. The van der Waals surface area contributed by atoms with Gasteiger partial charge < -0.3 is 14.4 Å². The molecule has 0 amide bonds. The molecule has 2 rings (SSSR count). The van der Waals surface area contributed by atoms with Crippen molar-refractivity contribution >= 4 is 16.9 Å². The average Bonchev–Trinajstić information content (AvgIpc) is 2.70. The molecule has 1 N–H and O–H groups in total. The van der Waals surface area contributed by atoms with Crippen molar-refractivity contribution in [3.05, 3.63) is 29.5 Å². The van der Waals surface area contributed by atoms with E-state index in [1.807, 2.05) is 6.92 Å². The first-order valence-electron chi connectivity index (χ1n) is 5.34. The first-order chi connectivity index (χ1) is 8.13. The predicted octanol–water partition coefficient (Wildman–Crippen LogP) is 1.73. The maximum atomic E-state index is 11.4. The zero-order valence-corrected chi connectivity index (χ0v) is 9.64.